The number of aromatic nitrogens is 1. The van der Waals surface area contributed by atoms with Crippen molar-refractivity contribution in [1.82, 2.24) is 19.1 Å². The molecule has 0 spiro atoms. The van der Waals surface area contributed by atoms with Crippen LogP contribution in [0.1, 0.15) is 17.3 Å². The maximum atomic E-state index is 13.6. The van der Waals surface area contributed by atoms with Crippen molar-refractivity contribution in [2.45, 2.75) is 11.8 Å². The number of hydrogen-bond donors (Lipinski definition) is 0. The van der Waals surface area contributed by atoms with Gasteiger partial charge >= 0.3 is 6.09 Å². The molecule has 1 aliphatic rings. The Labute approximate surface area is 243 Å². The molecule has 2 aromatic carbocycles. The van der Waals surface area contributed by atoms with E-state index in [-0.39, 0.29) is 56.0 Å². The van der Waals surface area contributed by atoms with Crippen molar-refractivity contribution in [1.29, 1.82) is 0 Å². The Morgan fingerprint density at radius 3 is 2.33 bits per heavy atom. The first kappa shape index (κ1) is 31.1. The van der Waals surface area contributed by atoms with E-state index in [2.05, 4.69) is 4.98 Å². The van der Waals surface area contributed by atoms with Gasteiger partial charge in [0.1, 0.15) is 0 Å². The van der Waals surface area contributed by atoms with Crippen molar-refractivity contribution in [3.05, 3.63) is 53.1 Å². The lowest BCUT2D eigenvalue weighted by molar-refractivity contribution is 0.0933. The van der Waals surface area contributed by atoms with Gasteiger partial charge < -0.3 is 14.5 Å². The number of rotatable bonds is 8. The third kappa shape index (κ3) is 7.19. The van der Waals surface area contributed by atoms with Crippen LogP contribution >= 0.6 is 35.3 Å². The molecule has 0 N–H and O–H groups in total. The molecule has 2 heterocycles. The van der Waals surface area contributed by atoms with Crippen LogP contribution in [0.5, 0.6) is 0 Å². The van der Waals surface area contributed by atoms with Crippen molar-refractivity contribution in [3.8, 4) is 0 Å². The molecule has 39 heavy (non-hydrogen) atoms. The van der Waals surface area contributed by atoms with Gasteiger partial charge in [0, 0.05) is 49.9 Å². The number of nitrogens with zero attached hydrogens (tertiary/aromatic N) is 5. The number of amides is 2. The third-order valence-corrected chi connectivity index (χ3v) is 9.28. The Morgan fingerprint density at radius 2 is 1.72 bits per heavy atom. The zero-order valence-electron chi connectivity index (χ0n) is 21.9. The Bertz CT molecular complexity index is 1410. The van der Waals surface area contributed by atoms with Gasteiger partial charge in [0.25, 0.3) is 5.91 Å². The summed E-state index contributed by atoms with van der Waals surface area (Å²) in [4.78, 5) is 35.3. The molecular formula is C25H31Cl2N5O5S2. The maximum absolute atomic E-state index is 13.6. The van der Waals surface area contributed by atoms with E-state index in [9.17, 15) is 18.0 Å². The molecule has 0 radical (unpaired) electrons. The lowest BCUT2D eigenvalue weighted by atomic mass is 10.2. The first-order valence-electron chi connectivity index (χ1n) is 12.1. The van der Waals surface area contributed by atoms with Gasteiger partial charge in [0.05, 0.1) is 21.7 Å². The highest BCUT2D eigenvalue weighted by Gasteiger charge is 2.31. The molecule has 4 rings (SSSR count). The number of halogens is 2. The summed E-state index contributed by atoms with van der Waals surface area (Å²) in [6.07, 6.45) is -0.442. The number of ether oxygens (including phenoxy) is 1. The van der Waals surface area contributed by atoms with E-state index in [1.807, 2.05) is 31.1 Å². The van der Waals surface area contributed by atoms with E-state index >= 15 is 0 Å². The van der Waals surface area contributed by atoms with Crippen molar-refractivity contribution in [2.24, 2.45) is 0 Å². The average Bonchev–Trinajstić information content (AvgIpc) is 3.31. The van der Waals surface area contributed by atoms with Gasteiger partial charge in [-0.15, -0.1) is 12.4 Å². The van der Waals surface area contributed by atoms with E-state index in [1.54, 1.807) is 17.9 Å². The number of thiazole rings is 1. The fourth-order valence-electron chi connectivity index (χ4n) is 3.99. The molecule has 0 bridgehead atoms. The number of fused-ring (bicyclic) bond motifs is 1. The molecule has 14 heteroatoms. The zero-order chi connectivity index (χ0) is 27.4. The molecule has 1 fully saturated rings. The van der Waals surface area contributed by atoms with Gasteiger partial charge in [-0.3, -0.25) is 9.69 Å². The minimum atomic E-state index is -3.78. The van der Waals surface area contributed by atoms with Gasteiger partial charge in [-0.2, -0.15) is 4.31 Å². The second kappa shape index (κ2) is 13.2. The molecule has 1 aromatic heterocycles. The Kier molecular flexibility index (Phi) is 10.5. The van der Waals surface area contributed by atoms with Crippen LogP contribution in [0.15, 0.2) is 47.4 Å². The van der Waals surface area contributed by atoms with Crippen LogP contribution in [0.25, 0.3) is 10.2 Å². The van der Waals surface area contributed by atoms with E-state index in [0.29, 0.717) is 28.8 Å². The molecular weight excluding hydrogens is 585 g/mol. The normalized spacial score (nSPS) is 14.3. The van der Waals surface area contributed by atoms with Gasteiger partial charge in [-0.1, -0.05) is 22.9 Å². The maximum Gasteiger partial charge on any atom is 0.409 e. The van der Waals surface area contributed by atoms with E-state index in [1.165, 1.54) is 44.8 Å². The molecule has 0 unspecified atom stereocenters. The van der Waals surface area contributed by atoms with Crippen molar-refractivity contribution in [3.63, 3.8) is 0 Å². The standard InChI is InChI=1S/C25H30ClN5O5S2.ClH/c1-4-36-25(33)29-12-14-30(15-13-29)38(34,35)20-8-5-18(6-9-20)23(32)31(16-11-28(2)3)24-27-21-10-7-19(26)17-22(21)37-24;/h5-10,17H,4,11-16H2,1-3H3;1H. The Hall–Kier alpha value is -2.48. The van der Waals surface area contributed by atoms with Crippen LogP contribution in [0.2, 0.25) is 5.02 Å². The number of carbonyl (C=O) groups excluding carboxylic acids is 2. The quantitative estimate of drug-likeness (QED) is 0.377. The minimum absolute atomic E-state index is 0. The highest BCUT2D eigenvalue weighted by atomic mass is 35.5. The van der Waals surface area contributed by atoms with Gasteiger partial charge in [0.2, 0.25) is 10.0 Å². The second-order valence-electron chi connectivity index (χ2n) is 8.98. The third-order valence-electron chi connectivity index (χ3n) is 6.09. The topological polar surface area (TPSA) is 103 Å². The predicted molar refractivity (Wildman–Crippen MR) is 156 cm³/mol. The van der Waals surface area contributed by atoms with Gasteiger partial charge in [-0.25, -0.2) is 18.2 Å². The van der Waals surface area contributed by atoms with Crippen LogP contribution in [-0.2, 0) is 14.8 Å². The summed E-state index contributed by atoms with van der Waals surface area (Å²) in [6, 6.07) is 11.3. The average molecular weight is 617 g/mol. The second-order valence-corrected chi connectivity index (χ2v) is 12.4. The summed E-state index contributed by atoms with van der Waals surface area (Å²) >= 11 is 7.50. The number of hydrogen-bond acceptors (Lipinski definition) is 8. The summed E-state index contributed by atoms with van der Waals surface area (Å²) in [5.74, 6) is -0.274. The summed E-state index contributed by atoms with van der Waals surface area (Å²) in [5.41, 5.74) is 1.11. The first-order chi connectivity index (χ1) is 18.1. The van der Waals surface area contributed by atoms with Gasteiger partial charge in [0.15, 0.2) is 5.13 Å². The summed E-state index contributed by atoms with van der Waals surface area (Å²) in [5, 5.41) is 1.14. The highest BCUT2D eigenvalue weighted by molar-refractivity contribution is 7.89. The molecule has 0 saturated carbocycles. The van der Waals surface area contributed by atoms with Crippen LogP contribution < -0.4 is 4.90 Å². The Balaban J connectivity index is 0.00000420. The van der Waals surface area contributed by atoms with Crippen molar-refractivity contribution in [2.75, 3.05) is 64.9 Å². The fourth-order valence-corrected chi connectivity index (χ4v) is 6.67. The molecule has 10 nitrogen and oxygen atoms in total. The van der Waals surface area contributed by atoms with Crippen LogP contribution in [0.3, 0.4) is 0 Å². The summed E-state index contributed by atoms with van der Waals surface area (Å²) < 4.78 is 33.6. The summed E-state index contributed by atoms with van der Waals surface area (Å²) in [7, 11) is 0.0662. The van der Waals surface area contributed by atoms with Crippen LogP contribution in [0.4, 0.5) is 9.93 Å². The van der Waals surface area contributed by atoms with Crippen LogP contribution in [0, 0.1) is 0 Å². The summed E-state index contributed by atoms with van der Waals surface area (Å²) in [6.45, 7) is 3.86. The number of piperazine rings is 1. The number of anilines is 1. The van der Waals surface area contributed by atoms with E-state index < -0.39 is 16.1 Å². The number of benzene rings is 2. The number of carbonyl (C=O) groups is 2. The number of sulfonamides is 1. The van der Waals surface area contributed by atoms with Crippen molar-refractivity contribution < 1.29 is 22.7 Å². The number of likely N-dealkylation sites (N-methyl/N-ethyl adjacent to an activating group) is 1. The van der Waals surface area contributed by atoms with Crippen molar-refractivity contribution >= 4 is 72.7 Å². The molecule has 212 valence electrons. The lowest BCUT2D eigenvalue weighted by Crippen LogP contribution is -2.50. The fraction of sp³-hybridized carbons (Fsp3) is 0.400. The molecule has 1 saturated heterocycles. The molecule has 1 aliphatic heterocycles. The zero-order valence-corrected chi connectivity index (χ0v) is 25.1. The molecule has 0 atom stereocenters. The van der Waals surface area contributed by atoms with Gasteiger partial charge in [-0.05, 0) is 63.5 Å². The SMILES string of the molecule is CCOC(=O)N1CCN(S(=O)(=O)c2ccc(C(=O)N(CCN(C)C)c3nc4ccc(Cl)cc4s3)cc2)CC1.Cl. The smallest absolute Gasteiger partial charge is 0.409 e. The van der Waals surface area contributed by atoms with E-state index in [0.717, 1.165) is 10.2 Å². The molecule has 3 aromatic rings. The van der Waals surface area contributed by atoms with E-state index in [4.69, 9.17) is 16.3 Å². The Morgan fingerprint density at radius 1 is 1.05 bits per heavy atom. The first-order valence-corrected chi connectivity index (χ1v) is 14.8. The molecule has 0 aliphatic carbocycles. The predicted octanol–water partition coefficient (Wildman–Crippen LogP) is 4.04. The largest absolute Gasteiger partial charge is 0.450 e. The minimum Gasteiger partial charge on any atom is -0.450 e. The molecule has 2 amide bonds. The highest BCUT2D eigenvalue weighted by Crippen LogP contribution is 2.31. The lowest BCUT2D eigenvalue weighted by Gasteiger charge is -2.33. The van der Waals surface area contributed by atoms with Crippen LogP contribution in [-0.4, -0.2) is 99.5 Å². The monoisotopic (exact) mass is 615 g/mol.